The first-order valence-electron chi connectivity index (χ1n) is 10.0. The molecule has 1 N–H and O–H groups in total. The van der Waals surface area contributed by atoms with Crippen LogP contribution in [0, 0.1) is 0 Å². The number of nitrogens with zero attached hydrogens (tertiary/aromatic N) is 2. The molecule has 0 unspecified atom stereocenters. The van der Waals surface area contributed by atoms with Crippen LogP contribution >= 0.6 is 0 Å². The zero-order chi connectivity index (χ0) is 18.1. The number of hydrogen-bond acceptors (Lipinski definition) is 4. The summed E-state index contributed by atoms with van der Waals surface area (Å²) in [6.07, 6.45) is 5.31. The third-order valence-corrected chi connectivity index (χ3v) is 6.47. The van der Waals surface area contributed by atoms with Crippen molar-refractivity contribution in [3.63, 3.8) is 0 Å². The molecule has 1 spiro atoms. The third kappa shape index (κ3) is 3.60. The van der Waals surface area contributed by atoms with Gasteiger partial charge in [-0.2, -0.15) is 0 Å². The summed E-state index contributed by atoms with van der Waals surface area (Å²) in [5, 5.41) is 3.92. The Hall–Kier alpha value is -1.59. The van der Waals surface area contributed by atoms with Gasteiger partial charge in [0.25, 0.3) is 0 Å². The second kappa shape index (κ2) is 7.20. The minimum Gasteiger partial charge on any atom is -0.487 e. The van der Waals surface area contributed by atoms with Crippen LogP contribution in [0.4, 0.5) is 0 Å². The van der Waals surface area contributed by atoms with Crippen LogP contribution in [0.2, 0.25) is 0 Å². The van der Waals surface area contributed by atoms with E-state index < -0.39 is 0 Å². The Morgan fingerprint density at radius 3 is 2.54 bits per heavy atom. The van der Waals surface area contributed by atoms with E-state index in [1.54, 1.807) is 6.92 Å². The van der Waals surface area contributed by atoms with Gasteiger partial charge >= 0.3 is 0 Å². The van der Waals surface area contributed by atoms with Gasteiger partial charge in [0.1, 0.15) is 11.4 Å². The first-order chi connectivity index (χ1) is 12.5. The summed E-state index contributed by atoms with van der Waals surface area (Å²) in [5.41, 5.74) is 1.27. The van der Waals surface area contributed by atoms with Crippen LogP contribution in [-0.2, 0) is 4.79 Å². The summed E-state index contributed by atoms with van der Waals surface area (Å²) >= 11 is 0. The SMILES string of the molecule is CC(=O)N1CCC(N[C@H]2CC3(CCN(C)CC3)Oc3ccccc32)CC1. The van der Waals surface area contributed by atoms with Crippen molar-refractivity contribution in [2.75, 3.05) is 33.2 Å². The van der Waals surface area contributed by atoms with Crippen molar-refractivity contribution in [1.82, 2.24) is 15.1 Å². The number of nitrogens with one attached hydrogen (secondary N) is 1. The van der Waals surface area contributed by atoms with E-state index in [-0.39, 0.29) is 11.5 Å². The molecule has 0 aliphatic carbocycles. The highest BCUT2D eigenvalue weighted by molar-refractivity contribution is 5.73. The largest absolute Gasteiger partial charge is 0.487 e. The Morgan fingerprint density at radius 1 is 1.15 bits per heavy atom. The molecule has 1 aromatic rings. The summed E-state index contributed by atoms with van der Waals surface area (Å²) in [6.45, 7) is 5.62. The van der Waals surface area contributed by atoms with E-state index in [1.165, 1.54) is 5.56 Å². The van der Waals surface area contributed by atoms with Gasteiger partial charge < -0.3 is 19.9 Å². The second-order valence-electron chi connectivity index (χ2n) is 8.33. The molecule has 0 saturated carbocycles. The minimum absolute atomic E-state index is 0.0292. The zero-order valence-electron chi connectivity index (χ0n) is 16.0. The Morgan fingerprint density at radius 2 is 1.85 bits per heavy atom. The molecule has 0 radical (unpaired) electrons. The predicted molar refractivity (Wildman–Crippen MR) is 102 cm³/mol. The molecule has 142 valence electrons. The lowest BCUT2D eigenvalue weighted by Crippen LogP contribution is -2.53. The standard InChI is InChI=1S/C21H31N3O2/c1-16(25)24-11-7-17(8-12-24)22-19-15-21(9-13-23(2)14-10-21)26-20-6-4-3-5-18(19)20/h3-6,17,19,22H,7-15H2,1-2H3/t19-/m0/s1. The van der Waals surface area contributed by atoms with Gasteiger partial charge in [0, 0.05) is 57.2 Å². The van der Waals surface area contributed by atoms with Crippen LogP contribution in [0.5, 0.6) is 5.75 Å². The molecular formula is C21H31N3O2. The number of benzene rings is 1. The summed E-state index contributed by atoms with van der Waals surface area (Å²) in [7, 11) is 2.20. The molecule has 4 rings (SSSR count). The van der Waals surface area contributed by atoms with Crippen molar-refractivity contribution in [3.05, 3.63) is 29.8 Å². The molecule has 5 nitrogen and oxygen atoms in total. The fraction of sp³-hybridized carbons (Fsp3) is 0.667. The highest BCUT2D eigenvalue weighted by Crippen LogP contribution is 2.44. The topological polar surface area (TPSA) is 44.8 Å². The molecule has 26 heavy (non-hydrogen) atoms. The summed E-state index contributed by atoms with van der Waals surface area (Å²) in [4.78, 5) is 15.9. The number of likely N-dealkylation sites (tertiary alicyclic amines) is 2. The molecule has 3 aliphatic heterocycles. The molecule has 0 bridgehead atoms. The lowest BCUT2D eigenvalue weighted by molar-refractivity contribution is -0.129. The molecular weight excluding hydrogens is 326 g/mol. The van der Waals surface area contributed by atoms with Gasteiger partial charge in [-0.15, -0.1) is 0 Å². The van der Waals surface area contributed by atoms with Crippen LogP contribution in [0.3, 0.4) is 0 Å². The Bertz CT molecular complexity index is 646. The first kappa shape index (κ1) is 17.8. The molecule has 1 amide bonds. The van der Waals surface area contributed by atoms with Crippen molar-refractivity contribution < 1.29 is 9.53 Å². The van der Waals surface area contributed by atoms with E-state index in [9.17, 15) is 4.79 Å². The van der Waals surface area contributed by atoms with Gasteiger partial charge in [-0.1, -0.05) is 18.2 Å². The monoisotopic (exact) mass is 357 g/mol. The summed E-state index contributed by atoms with van der Waals surface area (Å²) < 4.78 is 6.56. The molecule has 1 atom stereocenters. The smallest absolute Gasteiger partial charge is 0.219 e. The maximum Gasteiger partial charge on any atom is 0.219 e. The Kier molecular flexibility index (Phi) is 4.93. The van der Waals surface area contributed by atoms with Crippen molar-refractivity contribution >= 4 is 5.91 Å². The molecule has 3 heterocycles. The molecule has 1 aromatic carbocycles. The average molecular weight is 357 g/mol. The number of hydrogen-bond donors (Lipinski definition) is 1. The van der Waals surface area contributed by atoms with E-state index in [4.69, 9.17) is 4.74 Å². The number of piperidine rings is 2. The zero-order valence-corrected chi connectivity index (χ0v) is 16.0. The quantitative estimate of drug-likeness (QED) is 0.884. The number of ether oxygens (including phenoxy) is 1. The normalized spacial score (nSPS) is 26.4. The number of para-hydroxylation sites is 1. The molecule has 2 saturated heterocycles. The van der Waals surface area contributed by atoms with Gasteiger partial charge in [-0.05, 0) is 38.8 Å². The van der Waals surface area contributed by atoms with Gasteiger partial charge in [0.05, 0.1) is 0 Å². The Labute approximate surface area is 156 Å². The third-order valence-electron chi connectivity index (χ3n) is 6.47. The van der Waals surface area contributed by atoms with E-state index in [0.29, 0.717) is 12.1 Å². The van der Waals surface area contributed by atoms with Gasteiger partial charge in [-0.3, -0.25) is 4.79 Å². The van der Waals surface area contributed by atoms with Crippen molar-refractivity contribution in [2.24, 2.45) is 0 Å². The van der Waals surface area contributed by atoms with Crippen LogP contribution in [-0.4, -0.2) is 60.6 Å². The van der Waals surface area contributed by atoms with Crippen molar-refractivity contribution in [3.8, 4) is 5.75 Å². The van der Waals surface area contributed by atoms with E-state index in [0.717, 1.165) is 64.0 Å². The number of carbonyl (C=O) groups is 1. The highest BCUT2D eigenvalue weighted by atomic mass is 16.5. The van der Waals surface area contributed by atoms with Gasteiger partial charge in [0.2, 0.25) is 5.91 Å². The lowest BCUT2D eigenvalue weighted by Gasteiger charge is -2.47. The van der Waals surface area contributed by atoms with Gasteiger partial charge in [-0.25, -0.2) is 0 Å². The molecule has 5 heteroatoms. The highest BCUT2D eigenvalue weighted by Gasteiger charge is 2.43. The van der Waals surface area contributed by atoms with Crippen LogP contribution in [0.1, 0.15) is 50.6 Å². The average Bonchev–Trinajstić information content (AvgIpc) is 2.65. The maximum absolute atomic E-state index is 11.6. The fourth-order valence-electron chi connectivity index (χ4n) is 4.74. The number of rotatable bonds is 2. The molecule has 3 aliphatic rings. The van der Waals surface area contributed by atoms with E-state index in [2.05, 4.69) is 41.5 Å². The maximum atomic E-state index is 11.6. The summed E-state index contributed by atoms with van der Waals surface area (Å²) in [5.74, 6) is 1.26. The van der Waals surface area contributed by atoms with E-state index >= 15 is 0 Å². The number of amides is 1. The van der Waals surface area contributed by atoms with E-state index in [1.807, 2.05) is 4.90 Å². The summed E-state index contributed by atoms with van der Waals surface area (Å²) in [6, 6.07) is 9.35. The minimum atomic E-state index is -0.0292. The Balaban J connectivity index is 1.48. The first-order valence-corrected chi connectivity index (χ1v) is 10.0. The van der Waals surface area contributed by atoms with Crippen molar-refractivity contribution in [2.45, 2.75) is 56.7 Å². The van der Waals surface area contributed by atoms with Crippen LogP contribution < -0.4 is 10.1 Å². The molecule has 2 fully saturated rings. The fourth-order valence-corrected chi connectivity index (χ4v) is 4.74. The predicted octanol–water partition coefficient (Wildman–Crippen LogP) is 2.58. The second-order valence-corrected chi connectivity index (χ2v) is 8.33. The number of fused-ring (bicyclic) bond motifs is 1. The van der Waals surface area contributed by atoms with Crippen LogP contribution in [0.25, 0.3) is 0 Å². The number of carbonyl (C=O) groups excluding carboxylic acids is 1. The van der Waals surface area contributed by atoms with Crippen molar-refractivity contribution in [1.29, 1.82) is 0 Å². The van der Waals surface area contributed by atoms with Gasteiger partial charge in [0.15, 0.2) is 0 Å². The lowest BCUT2D eigenvalue weighted by atomic mass is 9.80. The van der Waals surface area contributed by atoms with Crippen LogP contribution in [0.15, 0.2) is 24.3 Å². The molecule has 0 aromatic heterocycles.